The van der Waals surface area contributed by atoms with E-state index >= 15 is 0 Å². The molecule has 0 aromatic heterocycles. The van der Waals surface area contributed by atoms with Crippen LogP contribution in [0.25, 0.3) is 6.08 Å². The third-order valence-electron chi connectivity index (χ3n) is 3.76. The molecule has 2 aromatic carbocycles. The zero-order chi connectivity index (χ0) is 20.8. The fourth-order valence-corrected chi connectivity index (χ4v) is 2.42. The molecule has 3 rings (SSSR count). The molecule has 2 amide bonds. The largest absolute Gasteiger partial charge is 0.493 e. The molecule has 1 heterocycles. The second kappa shape index (κ2) is 8.91. The standard InChI is InChI=1S/C19H16F2N2O6/c1-26-15-8-11(2-5-14(15)29-19(20)21)3-7-17(24)22-23-18(25)12-4-6-13-16(9-12)28-10-27-13/h2-9,19H,10H2,1H3,(H,22,24)(H,23,25)/b7-3+. The first-order chi connectivity index (χ1) is 14.0. The lowest BCUT2D eigenvalue weighted by atomic mass is 10.2. The highest BCUT2D eigenvalue weighted by Gasteiger charge is 2.16. The van der Waals surface area contributed by atoms with Crippen molar-refractivity contribution in [3.8, 4) is 23.0 Å². The van der Waals surface area contributed by atoms with E-state index in [2.05, 4.69) is 15.6 Å². The van der Waals surface area contributed by atoms with Crippen LogP contribution in [-0.2, 0) is 4.79 Å². The predicted octanol–water partition coefficient (Wildman–Crippen LogP) is 2.50. The molecule has 0 radical (unpaired) electrons. The number of fused-ring (bicyclic) bond motifs is 1. The monoisotopic (exact) mass is 406 g/mol. The zero-order valence-electron chi connectivity index (χ0n) is 15.1. The van der Waals surface area contributed by atoms with Crippen molar-refractivity contribution in [2.24, 2.45) is 0 Å². The van der Waals surface area contributed by atoms with Crippen LogP contribution in [0.1, 0.15) is 15.9 Å². The van der Waals surface area contributed by atoms with Gasteiger partial charge in [0.15, 0.2) is 23.0 Å². The molecule has 0 bridgehead atoms. The van der Waals surface area contributed by atoms with E-state index in [4.69, 9.17) is 14.2 Å². The number of nitrogens with one attached hydrogen (secondary N) is 2. The second-order valence-electron chi connectivity index (χ2n) is 5.63. The number of halogens is 2. The van der Waals surface area contributed by atoms with Crippen molar-refractivity contribution in [2.45, 2.75) is 6.61 Å². The normalized spacial score (nSPS) is 12.1. The highest BCUT2D eigenvalue weighted by Crippen LogP contribution is 2.32. The molecule has 2 aromatic rings. The number of methoxy groups -OCH3 is 1. The summed E-state index contributed by atoms with van der Waals surface area (Å²) in [6.07, 6.45) is 2.57. The Hall–Kier alpha value is -3.82. The van der Waals surface area contributed by atoms with Crippen LogP contribution < -0.4 is 29.8 Å². The minimum absolute atomic E-state index is 0.0853. The van der Waals surface area contributed by atoms with Gasteiger partial charge in [0, 0.05) is 11.6 Å². The van der Waals surface area contributed by atoms with Crippen LogP contribution in [0.2, 0.25) is 0 Å². The molecule has 8 nitrogen and oxygen atoms in total. The van der Waals surface area contributed by atoms with Gasteiger partial charge in [0.05, 0.1) is 7.11 Å². The lowest BCUT2D eigenvalue weighted by Crippen LogP contribution is -2.40. The van der Waals surface area contributed by atoms with Crippen LogP contribution in [0.15, 0.2) is 42.5 Å². The SMILES string of the molecule is COc1cc(/C=C/C(=O)NNC(=O)c2ccc3c(c2)OCO3)ccc1OC(F)F. The van der Waals surface area contributed by atoms with Crippen molar-refractivity contribution in [2.75, 3.05) is 13.9 Å². The quantitative estimate of drug-likeness (QED) is 0.566. The fourth-order valence-electron chi connectivity index (χ4n) is 2.42. The Bertz CT molecular complexity index is 948. The van der Waals surface area contributed by atoms with Crippen LogP contribution in [0.3, 0.4) is 0 Å². The van der Waals surface area contributed by atoms with E-state index in [0.29, 0.717) is 17.1 Å². The van der Waals surface area contributed by atoms with E-state index in [0.717, 1.165) is 6.08 Å². The number of ether oxygens (including phenoxy) is 4. The van der Waals surface area contributed by atoms with Crippen molar-refractivity contribution in [3.63, 3.8) is 0 Å². The van der Waals surface area contributed by atoms with Crippen molar-refractivity contribution in [3.05, 3.63) is 53.6 Å². The molecule has 1 aliphatic heterocycles. The summed E-state index contributed by atoms with van der Waals surface area (Å²) in [7, 11) is 1.31. The maximum Gasteiger partial charge on any atom is 0.387 e. The summed E-state index contributed by atoms with van der Waals surface area (Å²) in [4.78, 5) is 24.0. The van der Waals surface area contributed by atoms with Crippen LogP contribution in [0, 0.1) is 0 Å². The second-order valence-corrected chi connectivity index (χ2v) is 5.63. The van der Waals surface area contributed by atoms with Gasteiger partial charge in [0.25, 0.3) is 11.8 Å². The highest BCUT2D eigenvalue weighted by atomic mass is 19.3. The van der Waals surface area contributed by atoms with Gasteiger partial charge in [-0.25, -0.2) is 0 Å². The average molecular weight is 406 g/mol. The van der Waals surface area contributed by atoms with Gasteiger partial charge in [-0.15, -0.1) is 0 Å². The molecule has 10 heteroatoms. The van der Waals surface area contributed by atoms with Gasteiger partial charge >= 0.3 is 6.61 Å². The average Bonchev–Trinajstić information content (AvgIpc) is 3.18. The lowest BCUT2D eigenvalue weighted by molar-refractivity contribution is -0.117. The van der Waals surface area contributed by atoms with Crippen LogP contribution in [0.4, 0.5) is 8.78 Å². The topological polar surface area (TPSA) is 95.1 Å². The van der Waals surface area contributed by atoms with Gasteiger partial charge in [-0.1, -0.05) is 6.07 Å². The van der Waals surface area contributed by atoms with Crippen molar-refractivity contribution in [1.82, 2.24) is 10.9 Å². The molecule has 29 heavy (non-hydrogen) atoms. The third kappa shape index (κ3) is 5.12. The number of hydrazine groups is 1. The summed E-state index contributed by atoms with van der Waals surface area (Å²) in [6.45, 7) is -2.90. The molecule has 1 aliphatic rings. The number of alkyl halides is 2. The Balaban J connectivity index is 1.56. The summed E-state index contributed by atoms with van der Waals surface area (Å²) < 4.78 is 44.3. The molecule has 152 valence electrons. The molecule has 2 N–H and O–H groups in total. The van der Waals surface area contributed by atoms with Gasteiger partial charge in [-0.05, 0) is 42.0 Å². The minimum atomic E-state index is -2.98. The zero-order valence-corrected chi connectivity index (χ0v) is 15.1. The van der Waals surface area contributed by atoms with Gasteiger partial charge in [0.1, 0.15) is 0 Å². The van der Waals surface area contributed by atoms with Crippen molar-refractivity contribution >= 4 is 17.9 Å². The molecular formula is C19H16F2N2O6. The first-order valence-electron chi connectivity index (χ1n) is 8.27. The summed E-state index contributed by atoms with van der Waals surface area (Å²) >= 11 is 0. The minimum Gasteiger partial charge on any atom is -0.493 e. The summed E-state index contributed by atoms with van der Waals surface area (Å²) in [6, 6.07) is 8.80. The first kappa shape index (κ1) is 19.9. The number of rotatable bonds is 6. The Morgan fingerprint density at radius 3 is 2.62 bits per heavy atom. The van der Waals surface area contributed by atoms with Crippen molar-refractivity contribution in [1.29, 1.82) is 0 Å². The van der Waals surface area contributed by atoms with E-state index in [1.807, 2.05) is 0 Å². The lowest BCUT2D eigenvalue weighted by Gasteiger charge is -2.10. The molecule has 0 unspecified atom stereocenters. The number of carbonyl (C=O) groups excluding carboxylic acids is 2. The van der Waals surface area contributed by atoms with Gasteiger partial charge < -0.3 is 18.9 Å². The molecule has 0 aliphatic carbocycles. The first-order valence-corrected chi connectivity index (χ1v) is 8.27. The number of amides is 2. The van der Waals surface area contributed by atoms with E-state index in [9.17, 15) is 18.4 Å². The molecule has 0 atom stereocenters. The maximum atomic E-state index is 12.3. The van der Waals surface area contributed by atoms with Gasteiger partial charge in [-0.3, -0.25) is 20.4 Å². The predicted molar refractivity (Wildman–Crippen MR) is 96.8 cm³/mol. The van der Waals surface area contributed by atoms with E-state index < -0.39 is 18.4 Å². The van der Waals surface area contributed by atoms with Crippen LogP contribution in [-0.4, -0.2) is 32.3 Å². The van der Waals surface area contributed by atoms with Crippen molar-refractivity contribution < 1.29 is 37.3 Å². The summed E-state index contributed by atoms with van der Waals surface area (Å²) in [5.74, 6) is -0.207. The van der Waals surface area contributed by atoms with E-state index in [1.165, 1.54) is 43.5 Å². The number of hydrogen-bond acceptors (Lipinski definition) is 6. The van der Waals surface area contributed by atoms with Gasteiger partial charge in [0.2, 0.25) is 6.79 Å². The Kier molecular flexibility index (Phi) is 6.12. The Morgan fingerprint density at radius 2 is 1.86 bits per heavy atom. The van der Waals surface area contributed by atoms with Gasteiger partial charge in [-0.2, -0.15) is 8.78 Å². The van der Waals surface area contributed by atoms with E-state index in [-0.39, 0.29) is 23.9 Å². The fraction of sp³-hybridized carbons (Fsp3) is 0.158. The molecular weight excluding hydrogens is 390 g/mol. The van der Waals surface area contributed by atoms with E-state index in [1.54, 1.807) is 6.07 Å². The Labute approximate surface area is 164 Å². The number of carbonyl (C=O) groups is 2. The number of benzene rings is 2. The summed E-state index contributed by atoms with van der Waals surface area (Å²) in [5, 5.41) is 0. The molecule has 0 saturated heterocycles. The molecule has 0 saturated carbocycles. The molecule has 0 fully saturated rings. The highest BCUT2D eigenvalue weighted by molar-refractivity contribution is 5.98. The smallest absolute Gasteiger partial charge is 0.387 e. The van der Waals surface area contributed by atoms with Crippen LogP contribution in [0.5, 0.6) is 23.0 Å². The third-order valence-corrected chi connectivity index (χ3v) is 3.76. The maximum absolute atomic E-state index is 12.3. The summed E-state index contributed by atoms with van der Waals surface area (Å²) in [5.41, 5.74) is 5.27. The molecule has 0 spiro atoms. The van der Waals surface area contributed by atoms with Crippen LogP contribution >= 0.6 is 0 Å². The number of hydrogen-bond donors (Lipinski definition) is 2. The Morgan fingerprint density at radius 1 is 1.07 bits per heavy atom.